The van der Waals surface area contributed by atoms with Crippen LogP contribution in [0.2, 0.25) is 5.02 Å². The number of anilines is 1. The minimum absolute atomic E-state index is 0.00106. The summed E-state index contributed by atoms with van der Waals surface area (Å²) in [6.07, 6.45) is 0. The van der Waals surface area contributed by atoms with Gasteiger partial charge >= 0.3 is 0 Å². The summed E-state index contributed by atoms with van der Waals surface area (Å²) in [5.41, 5.74) is 0.808. The number of rotatable bonds is 2. The standard InChI is InChI=1S/C17H12ClNO3/c1-19(12-8-6-11(18)7-9-12)17(21)16-10-14(20)13-4-2-3-5-15(13)22-16/h2-10H,1H3. The fourth-order valence-electron chi connectivity index (χ4n) is 2.16. The first-order valence-electron chi connectivity index (χ1n) is 6.63. The molecule has 0 spiro atoms. The first-order chi connectivity index (χ1) is 10.6. The van der Waals surface area contributed by atoms with E-state index < -0.39 is 5.91 Å². The van der Waals surface area contributed by atoms with E-state index in [2.05, 4.69) is 0 Å². The predicted octanol–water partition coefficient (Wildman–Crippen LogP) is 3.72. The molecule has 0 aliphatic rings. The van der Waals surface area contributed by atoms with Crippen LogP contribution in [-0.2, 0) is 0 Å². The zero-order chi connectivity index (χ0) is 15.7. The number of fused-ring (bicyclic) bond motifs is 1. The molecule has 0 bridgehead atoms. The lowest BCUT2D eigenvalue weighted by Crippen LogP contribution is -2.27. The second-order valence-electron chi connectivity index (χ2n) is 4.81. The van der Waals surface area contributed by atoms with Crippen molar-refractivity contribution in [1.29, 1.82) is 0 Å². The Balaban J connectivity index is 2.01. The smallest absolute Gasteiger partial charge is 0.293 e. The van der Waals surface area contributed by atoms with E-state index >= 15 is 0 Å². The molecule has 1 heterocycles. The molecule has 0 fully saturated rings. The molecule has 0 unspecified atom stereocenters. The maximum Gasteiger partial charge on any atom is 0.293 e. The zero-order valence-corrected chi connectivity index (χ0v) is 12.5. The molecule has 0 saturated carbocycles. The molecular weight excluding hydrogens is 302 g/mol. The molecule has 0 aliphatic heterocycles. The SMILES string of the molecule is CN(C(=O)c1cc(=O)c2ccccc2o1)c1ccc(Cl)cc1. The van der Waals surface area contributed by atoms with Crippen molar-refractivity contribution >= 4 is 34.2 Å². The van der Waals surface area contributed by atoms with Crippen molar-refractivity contribution in [3.63, 3.8) is 0 Å². The molecular formula is C17H12ClNO3. The third kappa shape index (κ3) is 2.61. The van der Waals surface area contributed by atoms with E-state index in [1.807, 2.05) is 0 Å². The van der Waals surface area contributed by atoms with Crippen molar-refractivity contribution < 1.29 is 9.21 Å². The molecule has 5 heteroatoms. The lowest BCUT2D eigenvalue weighted by molar-refractivity contribution is 0.0967. The molecule has 0 N–H and O–H groups in total. The maximum absolute atomic E-state index is 12.5. The van der Waals surface area contributed by atoms with Crippen molar-refractivity contribution in [3.8, 4) is 0 Å². The summed E-state index contributed by atoms with van der Waals surface area (Å²) < 4.78 is 5.55. The molecule has 0 atom stereocenters. The van der Waals surface area contributed by atoms with Crippen LogP contribution >= 0.6 is 11.6 Å². The van der Waals surface area contributed by atoms with Crippen LogP contribution in [0.4, 0.5) is 5.69 Å². The number of hydrogen-bond donors (Lipinski definition) is 0. The van der Waals surface area contributed by atoms with Gasteiger partial charge in [-0.3, -0.25) is 9.59 Å². The summed E-state index contributed by atoms with van der Waals surface area (Å²) in [6.45, 7) is 0. The van der Waals surface area contributed by atoms with Crippen LogP contribution in [0.1, 0.15) is 10.6 Å². The van der Waals surface area contributed by atoms with Crippen molar-refractivity contribution in [3.05, 3.63) is 75.6 Å². The van der Waals surface area contributed by atoms with Gasteiger partial charge in [-0.25, -0.2) is 0 Å². The molecule has 3 aromatic rings. The number of hydrogen-bond acceptors (Lipinski definition) is 3. The maximum atomic E-state index is 12.5. The van der Waals surface area contributed by atoms with E-state index in [1.54, 1.807) is 55.6 Å². The second kappa shape index (κ2) is 5.66. The van der Waals surface area contributed by atoms with Gasteiger partial charge in [-0.1, -0.05) is 23.7 Å². The summed E-state index contributed by atoms with van der Waals surface area (Å²) in [5.74, 6) is -0.397. The van der Waals surface area contributed by atoms with E-state index in [-0.39, 0.29) is 11.2 Å². The lowest BCUT2D eigenvalue weighted by atomic mass is 10.2. The molecule has 0 saturated heterocycles. The Morgan fingerprint density at radius 3 is 2.50 bits per heavy atom. The van der Waals surface area contributed by atoms with E-state index in [9.17, 15) is 9.59 Å². The Morgan fingerprint density at radius 1 is 1.09 bits per heavy atom. The van der Waals surface area contributed by atoms with Crippen LogP contribution in [-0.4, -0.2) is 13.0 Å². The Hall–Kier alpha value is -2.59. The number of halogens is 1. The highest BCUT2D eigenvalue weighted by atomic mass is 35.5. The highest BCUT2D eigenvalue weighted by Gasteiger charge is 2.17. The van der Waals surface area contributed by atoms with Gasteiger partial charge < -0.3 is 9.32 Å². The van der Waals surface area contributed by atoms with E-state index in [0.29, 0.717) is 21.7 Å². The number of carbonyl (C=O) groups is 1. The van der Waals surface area contributed by atoms with Crippen molar-refractivity contribution in [2.75, 3.05) is 11.9 Å². The van der Waals surface area contributed by atoms with Crippen molar-refractivity contribution in [1.82, 2.24) is 0 Å². The molecule has 0 radical (unpaired) electrons. The summed E-state index contributed by atoms with van der Waals surface area (Å²) in [6, 6.07) is 14.9. The third-order valence-electron chi connectivity index (χ3n) is 3.36. The van der Waals surface area contributed by atoms with Crippen LogP contribution in [0.15, 0.2) is 63.8 Å². The molecule has 0 aliphatic carbocycles. The Kier molecular flexibility index (Phi) is 3.69. The van der Waals surface area contributed by atoms with Crippen LogP contribution in [0.5, 0.6) is 0 Å². The van der Waals surface area contributed by atoms with Crippen molar-refractivity contribution in [2.45, 2.75) is 0 Å². The first kappa shape index (κ1) is 14.4. The Morgan fingerprint density at radius 2 is 1.77 bits per heavy atom. The average molecular weight is 314 g/mol. The summed E-state index contributed by atoms with van der Waals surface area (Å²) >= 11 is 5.84. The zero-order valence-electron chi connectivity index (χ0n) is 11.7. The van der Waals surface area contributed by atoms with Gasteiger partial charge in [0, 0.05) is 23.8 Å². The minimum Gasteiger partial charge on any atom is -0.451 e. The lowest BCUT2D eigenvalue weighted by Gasteiger charge is -2.16. The molecule has 3 rings (SSSR count). The second-order valence-corrected chi connectivity index (χ2v) is 5.25. The normalized spacial score (nSPS) is 10.6. The van der Waals surface area contributed by atoms with E-state index in [1.165, 1.54) is 11.0 Å². The van der Waals surface area contributed by atoms with Crippen LogP contribution in [0.3, 0.4) is 0 Å². The Bertz CT molecular complexity index is 900. The van der Waals surface area contributed by atoms with Gasteiger partial charge in [0.25, 0.3) is 5.91 Å². The van der Waals surface area contributed by atoms with Gasteiger partial charge in [0.15, 0.2) is 11.2 Å². The molecule has 110 valence electrons. The molecule has 2 aromatic carbocycles. The van der Waals surface area contributed by atoms with Gasteiger partial charge in [-0.15, -0.1) is 0 Å². The first-order valence-corrected chi connectivity index (χ1v) is 7.00. The monoisotopic (exact) mass is 313 g/mol. The number of benzene rings is 2. The van der Waals surface area contributed by atoms with Gasteiger partial charge in [0.2, 0.25) is 0 Å². The van der Waals surface area contributed by atoms with Gasteiger partial charge in [0.05, 0.1) is 5.39 Å². The van der Waals surface area contributed by atoms with E-state index in [0.717, 1.165) is 0 Å². The fraction of sp³-hybridized carbons (Fsp3) is 0.0588. The topological polar surface area (TPSA) is 50.5 Å². The quantitative estimate of drug-likeness (QED) is 0.724. The van der Waals surface area contributed by atoms with Gasteiger partial charge in [-0.05, 0) is 36.4 Å². The fourth-order valence-corrected chi connectivity index (χ4v) is 2.28. The molecule has 1 aromatic heterocycles. The van der Waals surface area contributed by atoms with Crippen LogP contribution in [0.25, 0.3) is 11.0 Å². The molecule has 22 heavy (non-hydrogen) atoms. The number of amides is 1. The largest absolute Gasteiger partial charge is 0.451 e. The van der Waals surface area contributed by atoms with Crippen LogP contribution in [0, 0.1) is 0 Å². The predicted molar refractivity (Wildman–Crippen MR) is 86.7 cm³/mol. The highest BCUT2D eigenvalue weighted by Crippen LogP contribution is 2.19. The molecule has 4 nitrogen and oxygen atoms in total. The summed E-state index contributed by atoms with van der Waals surface area (Å²) in [5, 5.41) is 1.04. The Labute approximate surface area is 131 Å². The van der Waals surface area contributed by atoms with E-state index in [4.69, 9.17) is 16.0 Å². The van der Waals surface area contributed by atoms with Crippen molar-refractivity contribution in [2.24, 2.45) is 0 Å². The summed E-state index contributed by atoms with van der Waals surface area (Å²) in [4.78, 5) is 26.0. The number of nitrogens with zero attached hydrogens (tertiary/aromatic N) is 1. The van der Waals surface area contributed by atoms with Gasteiger partial charge in [-0.2, -0.15) is 0 Å². The number of carbonyl (C=O) groups excluding carboxylic acids is 1. The van der Waals surface area contributed by atoms with Gasteiger partial charge in [0.1, 0.15) is 5.58 Å². The number of para-hydroxylation sites is 1. The summed E-state index contributed by atoms with van der Waals surface area (Å²) in [7, 11) is 1.61. The highest BCUT2D eigenvalue weighted by molar-refractivity contribution is 6.30. The third-order valence-corrected chi connectivity index (χ3v) is 3.62. The average Bonchev–Trinajstić information content (AvgIpc) is 2.54. The van der Waals surface area contributed by atoms with Crippen LogP contribution < -0.4 is 10.3 Å². The molecule has 1 amide bonds. The minimum atomic E-state index is -0.398.